The summed E-state index contributed by atoms with van der Waals surface area (Å²) in [6, 6.07) is 3.96. The van der Waals surface area contributed by atoms with Gasteiger partial charge in [0.1, 0.15) is 5.15 Å². The molecule has 1 amide bonds. The zero-order valence-electron chi connectivity index (χ0n) is 10.0. The molecule has 17 heavy (non-hydrogen) atoms. The quantitative estimate of drug-likeness (QED) is 0.758. The van der Waals surface area contributed by atoms with E-state index >= 15 is 0 Å². The van der Waals surface area contributed by atoms with E-state index in [1.807, 2.05) is 17.0 Å². The molecule has 0 aromatic carbocycles. The van der Waals surface area contributed by atoms with E-state index in [1.54, 1.807) is 13.1 Å². The fourth-order valence-electron chi connectivity index (χ4n) is 2.33. The lowest BCUT2D eigenvalue weighted by Crippen LogP contribution is -2.37. The van der Waals surface area contributed by atoms with Crippen molar-refractivity contribution in [1.82, 2.24) is 9.88 Å². The minimum absolute atomic E-state index is 0.183. The zero-order valence-corrected chi connectivity index (χ0v) is 10.8. The SMILES string of the molecule is CC(=O)N1CCC(Cc2cccnc2Cl)CC1. The Morgan fingerprint density at radius 2 is 2.24 bits per heavy atom. The summed E-state index contributed by atoms with van der Waals surface area (Å²) in [6.07, 6.45) is 4.80. The van der Waals surface area contributed by atoms with Crippen LogP contribution < -0.4 is 0 Å². The Morgan fingerprint density at radius 3 is 2.82 bits per heavy atom. The van der Waals surface area contributed by atoms with Crippen LogP contribution in [0.2, 0.25) is 5.15 Å². The van der Waals surface area contributed by atoms with E-state index in [9.17, 15) is 4.79 Å². The fourth-order valence-corrected chi connectivity index (χ4v) is 2.53. The van der Waals surface area contributed by atoms with Gasteiger partial charge in [0, 0.05) is 26.2 Å². The molecule has 0 unspecified atom stereocenters. The third kappa shape index (κ3) is 3.19. The largest absolute Gasteiger partial charge is 0.343 e. The van der Waals surface area contributed by atoms with Crippen LogP contribution in [0.25, 0.3) is 0 Å². The van der Waals surface area contributed by atoms with Crippen molar-refractivity contribution >= 4 is 17.5 Å². The first-order chi connectivity index (χ1) is 8.16. The van der Waals surface area contributed by atoms with Crippen LogP contribution in [-0.2, 0) is 11.2 Å². The number of hydrogen-bond acceptors (Lipinski definition) is 2. The summed E-state index contributed by atoms with van der Waals surface area (Å²) >= 11 is 6.05. The van der Waals surface area contributed by atoms with E-state index in [0.717, 1.165) is 37.9 Å². The van der Waals surface area contributed by atoms with Crippen molar-refractivity contribution in [2.24, 2.45) is 5.92 Å². The highest BCUT2D eigenvalue weighted by molar-refractivity contribution is 6.30. The van der Waals surface area contributed by atoms with Gasteiger partial charge in [-0.3, -0.25) is 4.79 Å². The minimum atomic E-state index is 0.183. The molecule has 0 radical (unpaired) electrons. The summed E-state index contributed by atoms with van der Waals surface area (Å²) in [5, 5.41) is 0.612. The van der Waals surface area contributed by atoms with Gasteiger partial charge in [-0.15, -0.1) is 0 Å². The van der Waals surface area contributed by atoms with E-state index in [0.29, 0.717) is 11.1 Å². The van der Waals surface area contributed by atoms with Crippen LogP contribution >= 0.6 is 11.6 Å². The number of pyridine rings is 1. The highest BCUT2D eigenvalue weighted by Gasteiger charge is 2.21. The second-order valence-electron chi connectivity index (χ2n) is 4.61. The molecule has 1 aliphatic rings. The zero-order chi connectivity index (χ0) is 12.3. The van der Waals surface area contributed by atoms with Crippen molar-refractivity contribution in [3.05, 3.63) is 29.0 Å². The molecule has 1 saturated heterocycles. The van der Waals surface area contributed by atoms with E-state index in [2.05, 4.69) is 4.98 Å². The molecule has 1 fully saturated rings. The number of likely N-dealkylation sites (tertiary alicyclic amines) is 1. The molecule has 1 aromatic heterocycles. The fraction of sp³-hybridized carbons (Fsp3) is 0.538. The molecule has 92 valence electrons. The number of amides is 1. The molecule has 1 aliphatic heterocycles. The third-order valence-electron chi connectivity index (χ3n) is 3.40. The van der Waals surface area contributed by atoms with Crippen molar-refractivity contribution in [2.45, 2.75) is 26.2 Å². The Morgan fingerprint density at radius 1 is 1.53 bits per heavy atom. The highest BCUT2D eigenvalue weighted by Crippen LogP contribution is 2.24. The molecule has 0 bridgehead atoms. The lowest BCUT2D eigenvalue weighted by atomic mass is 9.91. The maximum atomic E-state index is 11.2. The van der Waals surface area contributed by atoms with Gasteiger partial charge in [0.2, 0.25) is 5.91 Å². The Labute approximate surface area is 107 Å². The average molecular weight is 253 g/mol. The Balaban J connectivity index is 1.90. The maximum Gasteiger partial charge on any atom is 0.219 e. The Kier molecular flexibility index (Phi) is 4.00. The molecular formula is C13H17ClN2O. The smallest absolute Gasteiger partial charge is 0.219 e. The van der Waals surface area contributed by atoms with Gasteiger partial charge < -0.3 is 4.90 Å². The van der Waals surface area contributed by atoms with Gasteiger partial charge in [0.15, 0.2) is 0 Å². The van der Waals surface area contributed by atoms with Gasteiger partial charge in [-0.1, -0.05) is 17.7 Å². The number of hydrogen-bond donors (Lipinski definition) is 0. The van der Waals surface area contributed by atoms with Crippen molar-refractivity contribution in [2.75, 3.05) is 13.1 Å². The summed E-state index contributed by atoms with van der Waals surface area (Å²) in [5.41, 5.74) is 1.12. The number of aromatic nitrogens is 1. The van der Waals surface area contributed by atoms with E-state index in [-0.39, 0.29) is 5.91 Å². The van der Waals surface area contributed by atoms with Crippen LogP contribution in [0.1, 0.15) is 25.3 Å². The number of carbonyl (C=O) groups is 1. The molecule has 2 heterocycles. The Hall–Kier alpha value is -1.09. The second-order valence-corrected chi connectivity index (χ2v) is 4.96. The lowest BCUT2D eigenvalue weighted by molar-refractivity contribution is -0.130. The molecule has 0 aliphatic carbocycles. The van der Waals surface area contributed by atoms with Crippen LogP contribution in [-0.4, -0.2) is 28.9 Å². The molecule has 3 nitrogen and oxygen atoms in total. The van der Waals surface area contributed by atoms with E-state index in [1.165, 1.54) is 0 Å². The predicted octanol–water partition coefficient (Wildman–Crippen LogP) is 2.54. The van der Waals surface area contributed by atoms with Crippen LogP contribution in [0.4, 0.5) is 0 Å². The summed E-state index contributed by atoms with van der Waals surface area (Å²) < 4.78 is 0. The van der Waals surface area contributed by atoms with Gasteiger partial charge in [-0.2, -0.15) is 0 Å². The summed E-state index contributed by atoms with van der Waals surface area (Å²) in [5.74, 6) is 0.801. The van der Waals surface area contributed by atoms with Crippen molar-refractivity contribution in [3.8, 4) is 0 Å². The molecule has 0 saturated carbocycles. The van der Waals surface area contributed by atoms with Crippen molar-refractivity contribution in [1.29, 1.82) is 0 Å². The molecule has 0 spiro atoms. The second kappa shape index (κ2) is 5.50. The van der Waals surface area contributed by atoms with Gasteiger partial charge in [-0.05, 0) is 36.8 Å². The average Bonchev–Trinajstić information content (AvgIpc) is 2.33. The first-order valence-corrected chi connectivity index (χ1v) is 6.39. The van der Waals surface area contributed by atoms with Crippen molar-refractivity contribution in [3.63, 3.8) is 0 Å². The van der Waals surface area contributed by atoms with Crippen LogP contribution in [0, 0.1) is 5.92 Å². The highest BCUT2D eigenvalue weighted by atomic mass is 35.5. The molecule has 0 N–H and O–H groups in total. The van der Waals surface area contributed by atoms with Crippen molar-refractivity contribution < 1.29 is 4.79 Å². The number of rotatable bonds is 2. The van der Waals surface area contributed by atoms with Gasteiger partial charge in [0.05, 0.1) is 0 Å². The number of piperidine rings is 1. The number of nitrogens with zero attached hydrogens (tertiary/aromatic N) is 2. The maximum absolute atomic E-state index is 11.2. The van der Waals surface area contributed by atoms with Crippen LogP contribution in [0.15, 0.2) is 18.3 Å². The molecule has 1 aromatic rings. The topological polar surface area (TPSA) is 33.2 Å². The van der Waals surface area contributed by atoms with Crippen LogP contribution in [0.3, 0.4) is 0 Å². The molecule has 2 rings (SSSR count). The monoisotopic (exact) mass is 252 g/mol. The standard InChI is InChI=1S/C13H17ClN2O/c1-10(17)16-7-4-11(5-8-16)9-12-3-2-6-15-13(12)14/h2-3,6,11H,4-5,7-9H2,1H3. The summed E-state index contributed by atoms with van der Waals surface area (Å²) in [7, 11) is 0. The lowest BCUT2D eigenvalue weighted by Gasteiger charge is -2.31. The molecule has 4 heteroatoms. The van der Waals surface area contributed by atoms with E-state index in [4.69, 9.17) is 11.6 Å². The van der Waals surface area contributed by atoms with Crippen LogP contribution in [0.5, 0.6) is 0 Å². The minimum Gasteiger partial charge on any atom is -0.343 e. The summed E-state index contributed by atoms with van der Waals surface area (Å²) in [4.78, 5) is 17.2. The molecule has 0 atom stereocenters. The first-order valence-electron chi connectivity index (χ1n) is 6.01. The summed E-state index contributed by atoms with van der Waals surface area (Å²) in [6.45, 7) is 3.38. The van der Waals surface area contributed by atoms with Gasteiger partial charge in [0.25, 0.3) is 0 Å². The van der Waals surface area contributed by atoms with E-state index < -0.39 is 0 Å². The molecular weight excluding hydrogens is 236 g/mol. The third-order valence-corrected chi connectivity index (χ3v) is 3.75. The first kappa shape index (κ1) is 12.4. The number of halogens is 1. The van der Waals surface area contributed by atoms with Gasteiger partial charge >= 0.3 is 0 Å². The Bertz CT molecular complexity index is 400. The predicted molar refractivity (Wildman–Crippen MR) is 67.9 cm³/mol. The normalized spacial score (nSPS) is 17.2. The van der Waals surface area contributed by atoms with Gasteiger partial charge in [-0.25, -0.2) is 4.98 Å². The number of carbonyl (C=O) groups excluding carboxylic acids is 1.